The molecule has 33 heavy (non-hydrogen) atoms. The Kier molecular flexibility index (Phi) is 6.60. The number of hydrogen-bond donors (Lipinski definition) is 2. The molecule has 4 rings (SSSR count). The van der Waals surface area contributed by atoms with Crippen LogP contribution in [-0.2, 0) is 12.6 Å². The molecule has 4 aromatic rings. The highest BCUT2D eigenvalue weighted by molar-refractivity contribution is 5.80. The third kappa shape index (κ3) is 5.69. The van der Waals surface area contributed by atoms with Crippen molar-refractivity contribution in [2.24, 2.45) is 5.73 Å². The van der Waals surface area contributed by atoms with Gasteiger partial charge >= 0.3 is 6.18 Å². The summed E-state index contributed by atoms with van der Waals surface area (Å²) in [6.07, 6.45) is -0.854. The molecule has 0 radical (unpaired) electrons. The van der Waals surface area contributed by atoms with Crippen LogP contribution in [0.1, 0.15) is 11.1 Å². The summed E-state index contributed by atoms with van der Waals surface area (Å²) in [5, 5.41) is 11.6. The van der Waals surface area contributed by atoms with Crippen molar-refractivity contribution in [1.29, 1.82) is 0 Å². The highest BCUT2D eigenvalue weighted by Crippen LogP contribution is 2.35. The van der Waals surface area contributed by atoms with Gasteiger partial charge in [0.15, 0.2) is 0 Å². The largest absolute Gasteiger partial charge is 0.416 e. The topological polar surface area (TPSA) is 89.6 Å². The van der Waals surface area contributed by atoms with Gasteiger partial charge in [-0.15, -0.1) is 10.2 Å². The number of nitrogens with two attached hydrogens (primary N) is 1. The van der Waals surface area contributed by atoms with Crippen molar-refractivity contribution in [3.8, 4) is 22.5 Å². The van der Waals surface area contributed by atoms with E-state index in [-0.39, 0.29) is 6.04 Å². The van der Waals surface area contributed by atoms with E-state index in [0.717, 1.165) is 17.7 Å². The van der Waals surface area contributed by atoms with Gasteiger partial charge in [0.05, 0.1) is 11.3 Å². The van der Waals surface area contributed by atoms with Gasteiger partial charge in [0.2, 0.25) is 0 Å². The lowest BCUT2D eigenvalue weighted by Gasteiger charge is -2.15. The molecule has 1 atom stereocenters. The summed E-state index contributed by atoms with van der Waals surface area (Å²) in [6.45, 7) is 0.440. The molecule has 9 heteroatoms. The van der Waals surface area contributed by atoms with Crippen LogP contribution in [-0.4, -0.2) is 32.8 Å². The molecule has 2 heterocycles. The van der Waals surface area contributed by atoms with Crippen LogP contribution < -0.4 is 11.1 Å². The number of anilines is 1. The Bertz CT molecular complexity index is 1200. The van der Waals surface area contributed by atoms with Crippen molar-refractivity contribution in [2.45, 2.75) is 18.6 Å². The van der Waals surface area contributed by atoms with E-state index >= 15 is 0 Å². The lowest BCUT2D eigenvalue weighted by Crippen LogP contribution is -2.31. The molecule has 0 aliphatic carbocycles. The minimum atomic E-state index is -4.46. The maximum absolute atomic E-state index is 13.2. The first-order valence-electron chi connectivity index (χ1n) is 10.3. The van der Waals surface area contributed by atoms with Crippen LogP contribution in [0.5, 0.6) is 0 Å². The second-order valence-electron chi connectivity index (χ2n) is 7.50. The summed E-state index contributed by atoms with van der Waals surface area (Å²) < 4.78 is 39.7. The zero-order chi connectivity index (χ0) is 23.3. The van der Waals surface area contributed by atoms with E-state index in [0.29, 0.717) is 41.3 Å². The molecular weight excluding hydrogens is 429 g/mol. The highest BCUT2D eigenvalue weighted by Gasteiger charge is 2.30. The number of alkyl halides is 3. The lowest BCUT2D eigenvalue weighted by molar-refractivity contribution is -0.137. The Morgan fingerprint density at radius 1 is 0.939 bits per heavy atom. The normalized spacial score (nSPS) is 12.4. The number of aromatic nitrogens is 4. The Morgan fingerprint density at radius 3 is 2.48 bits per heavy atom. The van der Waals surface area contributed by atoms with Crippen LogP contribution in [0.25, 0.3) is 22.5 Å². The quantitative estimate of drug-likeness (QED) is 0.428. The van der Waals surface area contributed by atoms with E-state index < -0.39 is 11.7 Å². The molecule has 0 unspecified atom stereocenters. The third-order valence-electron chi connectivity index (χ3n) is 5.00. The fourth-order valence-corrected chi connectivity index (χ4v) is 3.40. The molecular formula is C24H21F3N6. The summed E-state index contributed by atoms with van der Waals surface area (Å²) in [7, 11) is 0. The average Bonchev–Trinajstić information content (AvgIpc) is 2.83. The lowest BCUT2D eigenvalue weighted by atomic mass is 10.0. The molecule has 0 saturated carbocycles. The molecule has 2 aromatic heterocycles. The van der Waals surface area contributed by atoms with Crippen molar-refractivity contribution in [1.82, 2.24) is 20.2 Å². The first kappa shape index (κ1) is 22.3. The van der Waals surface area contributed by atoms with Crippen LogP contribution in [0.3, 0.4) is 0 Å². The van der Waals surface area contributed by atoms with E-state index in [1.807, 2.05) is 30.3 Å². The van der Waals surface area contributed by atoms with Gasteiger partial charge in [0.1, 0.15) is 17.8 Å². The average molecular weight is 450 g/mol. The maximum atomic E-state index is 13.2. The molecule has 0 bridgehead atoms. The molecule has 3 N–H and O–H groups in total. The molecule has 0 aliphatic heterocycles. The van der Waals surface area contributed by atoms with E-state index in [2.05, 4.69) is 25.5 Å². The van der Waals surface area contributed by atoms with E-state index in [4.69, 9.17) is 5.73 Å². The second-order valence-corrected chi connectivity index (χ2v) is 7.50. The number of nitrogens with zero attached hydrogens (tertiary/aromatic N) is 4. The number of benzene rings is 2. The van der Waals surface area contributed by atoms with Crippen LogP contribution in [0.2, 0.25) is 0 Å². The number of halogens is 3. The van der Waals surface area contributed by atoms with Gasteiger partial charge in [0, 0.05) is 29.9 Å². The Labute approximate surface area is 188 Å². The fourth-order valence-electron chi connectivity index (χ4n) is 3.40. The fraction of sp³-hybridized carbons (Fsp3) is 0.167. The predicted molar refractivity (Wildman–Crippen MR) is 120 cm³/mol. The van der Waals surface area contributed by atoms with Gasteiger partial charge in [0.25, 0.3) is 0 Å². The standard InChI is InChI=1S/C24H21F3N6/c25-24(26,27)18-8-4-7-17(12-18)23-20(21-9-10-29-15-31-21)13-22(32-33-23)30-14-19(28)11-16-5-2-1-3-6-16/h1-10,12-13,15,19H,11,14,28H2,(H,30,32)/t19-/m0/s1. The van der Waals surface area contributed by atoms with E-state index in [1.54, 1.807) is 24.4 Å². The van der Waals surface area contributed by atoms with E-state index in [1.165, 1.54) is 12.4 Å². The van der Waals surface area contributed by atoms with Crippen molar-refractivity contribution >= 4 is 5.82 Å². The molecule has 0 fully saturated rings. The maximum Gasteiger partial charge on any atom is 0.416 e. The van der Waals surface area contributed by atoms with Crippen LogP contribution >= 0.6 is 0 Å². The van der Waals surface area contributed by atoms with Gasteiger partial charge < -0.3 is 11.1 Å². The minimum Gasteiger partial charge on any atom is -0.367 e. The van der Waals surface area contributed by atoms with Crippen LogP contribution in [0, 0.1) is 0 Å². The Hall–Kier alpha value is -3.85. The second kappa shape index (κ2) is 9.74. The molecule has 0 saturated heterocycles. The Morgan fingerprint density at radius 2 is 1.76 bits per heavy atom. The van der Waals surface area contributed by atoms with Crippen LogP contribution in [0.4, 0.5) is 19.0 Å². The van der Waals surface area contributed by atoms with Gasteiger partial charge in [-0.25, -0.2) is 9.97 Å². The first-order chi connectivity index (χ1) is 15.9. The molecule has 2 aromatic carbocycles. The summed E-state index contributed by atoms with van der Waals surface area (Å²) in [5.41, 5.74) is 8.24. The number of rotatable bonds is 7. The van der Waals surface area contributed by atoms with Crippen molar-refractivity contribution < 1.29 is 13.2 Å². The van der Waals surface area contributed by atoms with Gasteiger partial charge in [-0.05, 0) is 36.2 Å². The number of nitrogens with one attached hydrogen (secondary N) is 1. The van der Waals surface area contributed by atoms with Gasteiger partial charge in [-0.3, -0.25) is 0 Å². The zero-order valence-electron chi connectivity index (χ0n) is 17.5. The molecule has 168 valence electrons. The summed E-state index contributed by atoms with van der Waals surface area (Å²) >= 11 is 0. The van der Waals surface area contributed by atoms with Gasteiger partial charge in [-0.2, -0.15) is 13.2 Å². The third-order valence-corrected chi connectivity index (χ3v) is 5.00. The minimum absolute atomic E-state index is 0.167. The summed E-state index contributed by atoms with van der Waals surface area (Å²) in [5.74, 6) is 0.447. The van der Waals surface area contributed by atoms with Crippen molar-refractivity contribution in [3.05, 3.63) is 90.4 Å². The zero-order valence-corrected chi connectivity index (χ0v) is 17.5. The number of hydrogen-bond acceptors (Lipinski definition) is 6. The smallest absolute Gasteiger partial charge is 0.367 e. The van der Waals surface area contributed by atoms with Gasteiger partial charge in [-0.1, -0.05) is 42.5 Å². The SMILES string of the molecule is N[C@H](CNc1cc(-c2ccncn2)c(-c2cccc(C(F)(F)F)c2)nn1)Cc1ccccc1. The first-order valence-corrected chi connectivity index (χ1v) is 10.3. The molecule has 6 nitrogen and oxygen atoms in total. The highest BCUT2D eigenvalue weighted by atomic mass is 19.4. The molecule has 0 spiro atoms. The summed E-state index contributed by atoms with van der Waals surface area (Å²) in [4.78, 5) is 8.16. The monoisotopic (exact) mass is 450 g/mol. The predicted octanol–water partition coefficient (Wildman–Crippen LogP) is 4.60. The van der Waals surface area contributed by atoms with Crippen molar-refractivity contribution in [2.75, 3.05) is 11.9 Å². The van der Waals surface area contributed by atoms with E-state index in [9.17, 15) is 13.2 Å². The summed E-state index contributed by atoms with van der Waals surface area (Å²) in [6, 6.07) is 18.1. The molecule has 0 aliphatic rings. The van der Waals surface area contributed by atoms with Crippen LogP contribution in [0.15, 0.2) is 79.3 Å². The van der Waals surface area contributed by atoms with Crippen molar-refractivity contribution in [3.63, 3.8) is 0 Å². The Balaban J connectivity index is 1.61. The molecule has 0 amide bonds.